The molecule has 7 heteroatoms. The van der Waals surface area contributed by atoms with Crippen molar-refractivity contribution in [3.63, 3.8) is 0 Å². The molecule has 0 spiro atoms. The second-order valence-electron chi connectivity index (χ2n) is 6.26. The summed E-state index contributed by atoms with van der Waals surface area (Å²) in [6, 6.07) is 15.5. The molecule has 2 N–H and O–H groups in total. The molecule has 28 heavy (non-hydrogen) atoms. The van der Waals surface area contributed by atoms with Crippen LogP contribution in [0.15, 0.2) is 60.9 Å². The van der Waals surface area contributed by atoms with Crippen molar-refractivity contribution in [3.05, 3.63) is 72.2 Å². The Labute approximate surface area is 162 Å². The van der Waals surface area contributed by atoms with Crippen LogP contribution in [0.3, 0.4) is 0 Å². The van der Waals surface area contributed by atoms with Crippen molar-refractivity contribution in [1.29, 1.82) is 0 Å². The third kappa shape index (κ3) is 4.37. The highest BCUT2D eigenvalue weighted by atomic mass is 16.6. The average molecular weight is 376 g/mol. The Morgan fingerprint density at radius 3 is 2.57 bits per heavy atom. The lowest BCUT2D eigenvalue weighted by Crippen LogP contribution is -2.17. The van der Waals surface area contributed by atoms with Crippen molar-refractivity contribution in [2.45, 2.75) is 6.42 Å². The molecule has 1 aromatic heterocycles. The maximum atomic E-state index is 12.4. The summed E-state index contributed by atoms with van der Waals surface area (Å²) in [6.45, 7) is 1.76. The fraction of sp³-hybridized carbons (Fsp3) is 0.190. The minimum Gasteiger partial charge on any atom is -0.486 e. The summed E-state index contributed by atoms with van der Waals surface area (Å²) in [5.74, 6) is 1.59. The van der Waals surface area contributed by atoms with Crippen LogP contribution in [0.1, 0.15) is 16.1 Å². The van der Waals surface area contributed by atoms with Crippen LogP contribution in [0.2, 0.25) is 0 Å². The predicted molar refractivity (Wildman–Crippen MR) is 106 cm³/mol. The molecule has 7 nitrogen and oxygen atoms in total. The Balaban J connectivity index is 1.32. The SMILES string of the molecule is O=C(Nc1ccc2c(c1)OCCO2)c1cnc(NCCc2ccccc2)cn1. The van der Waals surface area contributed by atoms with Crippen molar-refractivity contribution in [3.8, 4) is 11.5 Å². The lowest BCUT2D eigenvalue weighted by Gasteiger charge is -2.18. The molecule has 1 aliphatic rings. The first-order chi connectivity index (χ1) is 13.8. The number of anilines is 2. The highest BCUT2D eigenvalue weighted by molar-refractivity contribution is 6.02. The monoisotopic (exact) mass is 376 g/mol. The Hall–Kier alpha value is -3.61. The Kier molecular flexibility index (Phi) is 5.33. The standard InChI is InChI=1S/C21H20N4O3/c26-21(25-16-6-7-18-19(12-16)28-11-10-27-18)17-13-24-20(14-23-17)22-9-8-15-4-2-1-3-5-15/h1-7,12-14H,8-11H2,(H,22,24)(H,25,26). The number of ether oxygens (including phenoxy) is 2. The second kappa shape index (κ2) is 8.39. The molecule has 142 valence electrons. The number of nitrogens with zero attached hydrogens (tertiary/aromatic N) is 2. The predicted octanol–water partition coefficient (Wildman–Crippen LogP) is 3.15. The number of hydrogen-bond acceptors (Lipinski definition) is 6. The molecule has 1 amide bonds. The fourth-order valence-corrected chi connectivity index (χ4v) is 2.83. The number of hydrogen-bond donors (Lipinski definition) is 2. The van der Waals surface area contributed by atoms with Crippen LogP contribution in [0.4, 0.5) is 11.5 Å². The van der Waals surface area contributed by atoms with Crippen LogP contribution in [-0.4, -0.2) is 35.6 Å². The molecule has 0 fully saturated rings. The van der Waals surface area contributed by atoms with E-state index in [1.54, 1.807) is 24.4 Å². The summed E-state index contributed by atoms with van der Waals surface area (Å²) in [7, 11) is 0. The van der Waals surface area contributed by atoms with Crippen LogP contribution < -0.4 is 20.1 Å². The molecule has 4 rings (SSSR count). The van der Waals surface area contributed by atoms with Crippen LogP contribution in [0.25, 0.3) is 0 Å². The molecule has 0 saturated carbocycles. The molecule has 2 heterocycles. The average Bonchev–Trinajstić information content (AvgIpc) is 2.75. The van der Waals surface area contributed by atoms with Gasteiger partial charge >= 0.3 is 0 Å². The van der Waals surface area contributed by atoms with Crippen LogP contribution in [-0.2, 0) is 6.42 Å². The van der Waals surface area contributed by atoms with Gasteiger partial charge in [-0.05, 0) is 24.1 Å². The van der Waals surface area contributed by atoms with Gasteiger partial charge in [-0.2, -0.15) is 0 Å². The van der Waals surface area contributed by atoms with E-state index in [0.29, 0.717) is 36.2 Å². The van der Waals surface area contributed by atoms with Crippen LogP contribution >= 0.6 is 0 Å². The van der Waals surface area contributed by atoms with E-state index in [-0.39, 0.29) is 11.6 Å². The number of carbonyl (C=O) groups excluding carboxylic acids is 1. The summed E-state index contributed by atoms with van der Waals surface area (Å²) in [6.07, 6.45) is 3.90. The molecule has 0 atom stereocenters. The molecular weight excluding hydrogens is 356 g/mol. The largest absolute Gasteiger partial charge is 0.486 e. The van der Waals surface area contributed by atoms with Gasteiger partial charge in [-0.3, -0.25) is 4.79 Å². The van der Waals surface area contributed by atoms with Gasteiger partial charge in [0.1, 0.15) is 24.7 Å². The van der Waals surface area contributed by atoms with Gasteiger partial charge in [-0.1, -0.05) is 30.3 Å². The zero-order valence-corrected chi connectivity index (χ0v) is 15.2. The highest BCUT2D eigenvalue weighted by Gasteiger charge is 2.14. The fourth-order valence-electron chi connectivity index (χ4n) is 2.83. The van der Waals surface area contributed by atoms with E-state index in [4.69, 9.17) is 9.47 Å². The quantitative estimate of drug-likeness (QED) is 0.687. The van der Waals surface area contributed by atoms with Gasteiger partial charge < -0.3 is 20.1 Å². The van der Waals surface area contributed by atoms with Gasteiger partial charge in [0.2, 0.25) is 0 Å². The van der Waals surface area contributed by atoms with Gasteiger partial charge in [0.15, 0.2) is 11.5 Å². The summed E-state index contributed by atoms with van der Waals surface area (Å²) in [4.78, 5) is 20.8. The van der Waals surface area contributed by atoms with E-state index in [1.165, 1.54) is 11.8 Å². The van der Waals surface area contributed by atoms with Crippen molar-refractivity contribution < 1.29 is 14.3 Å². The maximum absolute atomic E-state index is 12.4. The third-order valence-electron chi connectivity index (χ3n) is 4.25. The second-order valence-corrected chi connectivity index (χ2v) is 6.26. The Morgan fingerprint density at radius 1 is 0.964 bits per heavy atom. The van der Waals surface area contributed by atoms with Gasteiger partial charge in [0.25, 0.3) is 5.91 Å². The van der Waals surface area contributed by atoms with E-state index >= 15 is 0 Å². The molecule has 0 saturated heterocycles. The van der Waals surface area contributed by atoms with E-state index in [1.807, 2.05) is 18.2 Å². The van der Waals surface area contributed by atoms with Crippen LogP contribution in [0.5, 0.6) is 11.5 Å². The maximum Gasteiger partial charge on any atom is 0.275 e. The number of rotatable bonds is 6. The van der Waals surface area contributed by atoms with Gasteiger partial charge in [-0.25, -0.2) is 9.97 Å². The topological polar surface area (TPSA) is 85.4 Å². The molecule has 0 unspecified atom stereocenters. The highest BCUT2D eigenvalue weighted by Crippen LogP contribution is 2.32. The first kappa shape index (κ1) is 17.8. The first-order valence-corrected chi connectivity index (χ1v) is 9.09. The minimum absolute atomic E-state index is 0.239. The smallest absolute Gasteiger partial charge is 0.275 e. The Morgan fingerprint density at radius 2 is 1.79 bits per heavy atom. The summed E-state index contributed by atoms with van der Waals surface area (Å²) in [5.41, 5.74) is 2.10. The molecule has 0 aliphatic carbocycles. The molecule has 1 aliphatic heterocycles. The number of aromatic nitrogens is 2. The van der Waals surface area contributed by atoms with Gasteiger partial charge in [-0.15, -0.1) is 0 Å². The number of nitrogens with one attached hydrogen (secondary N) is 2. The summed E-state index contributed by atoms with van der Waals surface area (Å²) in [5, 5.41) is 6.00. The molecular formula is C21H20N4O3. The number of carbonyl (C=O) groups is 1. The van der Waals surface area contributed by atoms with E-state index in [0.717, 1.165) is 13.0 Å². The van der Waals surface area contributed by atoms with Crippen molar-refractivity contribution in [2.24, 2.45) is 0 Å². The van der Waals surface area contributed by atoms with E-state index < -0.39 is 0 Å². The zero-order chi connectivity index (χ0) is 19.2. The van der Waals surface area contributed by atoms with E-state index in [2.05, 4.69) is 32.7 Å². The Bertz CT molecular complexity index is 946. The van der Waals surface area contributed by atoms with Crippen molar-refractivity contribution >= 4 is 17.4 Å². The number of amides is 1. The lowest BCUT2D eigenvalue weighted by atomic mass is 10.1. The third-order valence-corrected chi connectivity index (χ3v) is 4.25. The molecule has 2 aromatic carbocycles. The number of benzene rings is 2. The van der Waals surface area contributed by atoms with Crippen LogP contribution in [0, 0.1) is 0 Å². The first-order valence-electron chi connectivity index (χ1n) is 9.09. The zero-order valence-electron chi connectivity index (χ0n) is 15.2. The van der Waals surface area contributed by atoms with Crippen molar-refractivity contribution in [2.75, 3.05) is 30.4 Å². The molecule has 0 radical (unpaired) electrons. The summed E-state index contributed by atoms with van der Waals surface area (Å²) >= 11 is 0. The van der Waals surface area contributed by atoms with Gasteiger partial charge in [0, 0.05) is 18.3 Å². The lowest BCUT2D eigenvalue weighted by molar-refractivity contribution is 0.102. The molecule has 3 aromatic rings. The summed E-state index contributed by atoms with van der Waals surface area (Å²) < 4.78 is 11.0. The normalized spacial score (nSPS) is 12.3. The minimum atomic E-state index is -0.333. The number of fused-ring (bicyclic) bond motifs is 1. The molecule has 0 bridgehead atoms. The van der Waals surface area contributed by atoms with Crippen molar-refractivity contribution in [1.82, 2.24) is 9.97 Å². The van der Waals surface area contributed by atoms with E-state index in [9.17, 15) is 4.79 Å². The van der Waals surface area contributed by atoms with Gasteiger partial charge in [0.05, 0.1) is 12.4 Å².